The van der Waals surface area contributed by atoms with Gasteiger partial charge in [0.25, 0.3) is 17.4 Å². The minimum Gasteiger partial charge on any atom is -0.368 e. The van der Waals surface area contributed by atoms with E-state index in [-0.39, 0.29) is 11.5 Å². The number of hydrogen-bond donors (Lipinski definition) is 3. The van der Waals surface area contributed by atoms with Crippen LogP contribution in [0.4, 0.5) is 24.5 Å². The fourth-order valence-electron chi connectivity index (χ4n) is 2.68. The first-order valence-corrected chi connectivity index (χ1v) is 8.38. The first-order valence-electron chi connectivity index (χ1n) is 8.38. The lowest BCUT2D eigenvalue weighted by molar-refractivity contribution is -0.137. The number of aromatic amines is 1. The lowest BCUT2D eigenvalue weighted by Gasteiger charge is -2.12. The Morgan fingerprint density at radius 1 is 1.18 bits per heavy atom. The van der Waals surface area contributed by atoms with Crippen molar-refractivity contribution < 1.29 is 27.5 Å². The molecule has 2 aromatic rings. The quantitative estimate of drug-likeness (QED) is 0.741. The predicted molar refractivity (Wildman–Crippen MR) is 94.1 cm³/mol. The standard InChI is InChI=1S/C18H16F3N3O4/c19-18(20,21)11-8-13(16(26)22-9-11)24-15(25)10-3-1-4-12(7-10)23-17(27)14-5-2-6-28-14/h1,3-4,7-9,14H,2,5-6H2,(H,22,26)(H,23,27)(H,24,25)/t14-/m1/s1. The molecule has 0 saturated carbocycles. The molecule has 1 aromatic heterocycles. The summed E-state index contributed by atoms with van der Waals surface area (Å²) in [6.07, 6.45) is -3.31. The SMILES string of the molecule is O=C(Nc1cc(C(F)(F)F)c[nH]c1=O)c1cccc(NC(=O)[C@H]2CCCO2)c1. The summed E-state index contributed by atoms with van der Waals surface area (Å²) in [6, 6.07) is 6.36. The van der Waals surface area contributed by atoms with Crippen molar-refractivity contribution >= 4 is 23.2 Å². The number of H-pyrrole nitrogens is 1. The van der Waals surface area contributed by atoms with E-state index >= 15 is 0 Å². The van der Waals surface area contributed by atoms with Crippen molar-refractivity contribution in [1.29, 1.82) is 0 Å². The number of carbonyl (C=O) groups excluding carboxylic acids is 2. The molecule has 2 heterocycles. The Morgan fingerprint density at radius 3 is 2.64 bits per heavy atom. The Labute approximate surface area is 156 Å². The first kappa shape index (κ1) is 19.6. The van der Waals surface area contributed by atoms with E-state index in [2.05, 4.69) is 10.6 Å². The minimum absolute atomic E-state index is 0.0574. The summed E-state index contributed by atoms with van der Waals surface area (Å²) in [5.74, 6) is -1.14. The number of ether oxygens (including phenoxy) is 1. The summed E-state index contributed by atoms with van der Waals surface area (Å²) in [4.78, 5) is 38.1. The average Bonchev–Trinajstić information content (AvgIpc) is 3.17. The van der Waals surface area contributed by atoms with Crippen LogP contribution in [0.25, 0.3) is 0 Å². The zero-order chi connectivity index (χ0) is 20.3. The molecule has 1 atom stereocenters. The number of halogens is 3. The number of benzene rings is 1. The molecule has 0 unspecified atom stereocenters. The van der Waals surface area contributed by atoms with Crippen molar-refractivity contribution in [2.45, 2.75) is 25.1 Å². The van der Waals surface area contributed by atoms with Gasteiger partial charge in [-0.25, -0.2) is 0 Å². The first-order chi connectivity index (χ1) is 13.2. The summed E-state index contributed by atoms with van der Waals surface area (Å²) in [6.45, 7) is 0.506. The highest BCUT2D eigenvalue weighted by atomic mass is 19.4. The van der Waals surface area contributed by atoms with Gasteiger partial charge >= 0.3 is 6.18 Å². The Bertz CT molecular complexity index is 950. The van der Waals surface area contributed by atoms with Gasteiger partial charge in [-0.2, -0.15) is 13.2 Å². The van der Waals surface area contributed by atoms with Crippen molar-refractivity contribution in [1.82, 2.24) is 4.98 Å². The molecule has 28 heavy (non-hydrogen) atoms. The maximum absolute atomic E-state index is 12.8. The fraction of sp³-hybridized carbons (Fsp3) is 0.278. The highest BCUT2D eigenvalue weighted by molar-refractivity contribution is 6.05. The molecule has 1 aromatic carbocycles. The van der Waals surface area contributed by atoms with Crippen molar-refractivity contribution in [2.75, 3.05) is 17.2 Å². The van der Waals surface area contributed by atoms with Gasteiger partial charge in [0.2, 0.25) is 0 Å². The van der Waals surface area contributed by atoms with Crippen LogP contribution in [-0.4, -0.2) is 29.5 Å². The molecule has 1 aliphatic heterocycles. The maximum Gasteiger partial charge on any atom is 0.417 e. The third-order valence-electron chi connectivity index (χ3n) is 4.09. The van der Waals surface area contributed by atoms with Crippen LogP contribution in [0.3, 0.4) is 0 Å². The zero-order valence-corrected chi connectivity index (χ0v) is 14.4. The maximum atomic E-state index is 12.8. The van der Waals surface area contributed by atoms with Crippen LogP contribution in [0.2, 0.25) is 0 Å². The van der Waals surface area contributed by atoms with Gasteiger partial charge in [-0.3, -0.25) is 14.4 Å². The van der Waals surface area contributed by atoms with Crippen LogP contribution in [0.1, 0.15) is 28.8 Å². The number of amides is 2. The largest absolute Gasteiger partial charge is 0.417 e. The van der Waals surface area contributed by atoms with Gasteiger partial charge in [-0.1, -0.05) is 6.07 Å². The second kappa shape index (κ2) is 7.85. The Kier molecular flexibility index (Phi) is 5.50. The molecule has 7 nitrogen and oxygen atoms in total. The average molecular weight is 395 g/mol. The summed E-state index contributed by atoms with van der Waals surface area (Å²) >= 11 is 0. The molecule has 0 aliphatic carbocycles. The molecule has 2 amide bonds. The van der Waals surface area contributed by atoms with E-state index in [1.807, 2.05) is 4.98 Å². The van der Waals surface area contributed by atoms with E-state index in [1.54, 1.807) is 6.07 Å². The minimum atomic E-state index is -4.67. The number of pyridine rings is 1. The predicted octanol–water partition coefficient (Wildman–Crippen LogP) is 2.76. The molecule has 1 saturated heterocycles. The molecule has 0 bridgehead atoms. The molecule has 1 fully saturated rings. The molecule has 0 spiro atoms. The second-order valence-electron chi connectivity index (χ2n) is 6.15. The molecule has 148 valence electrons. The number of nitrogens with one attached hydrogen (secondary N) is 3. The topological polar surface area (TPSA) is 100 Å². The molecule has 3 N–H and O–H groups in total. The summed E-state index contributed by atoms with van der Waals surface area (Å²) in [7, 11) is 0. The Morgan fingerprint density at radius 2 is 1.96 bits per heavy atom. The molecular weight excluding hydrogens is 379 g/mol. The van der Waals surface area contributed by atoms with E-state index in [0.717, 1.165) is 6.42 Å². The highest BCUT2D eigenvalue weighted by Gasteiger charge is 2.31. The zero-order valence-electron chi connectivity index (χ0n) is 14.4. The van der Waals surface area contributed by atoms with Crippen LogP contribution in [0, 0.1) is 0 Å². The van der Waals surface area contributed by atoms with E-state index in [1.165, 1.54) is 18.2 Å². The van der Waals surface area contributed by atoms with Gasteiger partial charge in [0.05, 0.1) is 5.56 Å². The van der Waals surface area contributed by atoms with Gasteiger partial charge in [0, 0.05) is 24.1 Å². The number of alkyl halides is 3. The Hall–Kier alpha value is -3.14. The van der Waals surface area contributed by atoms with Crippen LogP contribution in [0.5, 0.6) is 0 Å². The molecule has 3 rings (SSSR count). The van der Waals surface area contributed by atoms with Crippen LogP contribution in [0.15, 0.2) is 41.3 Å². The van der Waals surface area contributed by atoms with Crippen molar-refractivity contribution in [3.63, 3.8) is 0 Å². The number of carbonyl (C=O) groups is 2. The number of anilines is 2. The Balaban J connectivity index is 1.75. The van der Waals surface area contributed by atoms with Crippen LogP contribution < -0.4 is 16.2 Å². The third-order valence-corrected chi connectivity index (χ3v) is 4.09. The van der Waals surface area contributed by atoms with E-state index in [9.17, 15) is 27.6 Å². The smallest absolute Gasteiger partial charge is 0.368 e. The van der Waals surface area contributed by atoms with E-state index < -0.39 is 35.0 Å². The number of hydrogen-bond acceptors (Lipinski definition) is 4. The lowest BCUT2D eigenvalue weighted by atomic mass is 10.1. The molecular formula is C18H16F3N3O4. The second-order valence-corrected chi connectivity index (χ2v) is 6.15. The molecule has 10 heteroatoms. The summed E-state index contributed by atoms with van der Waals surface area (Å²) in [5.41, 5.74) is -2.12. The normalized spacial score (nSPS) is 16.6. The molecule has 1 aliphatic rings. The van der Waals surface area contributed by atoms with Gasteiger partial charge < -0.3 is 20.4 Å². The van der Waals surface area contributed by atoms with Gasteiger partial charge in [-0.15, -0.1) is 0 Å². The van der Waals surface area contributed by atoms with Gasteiger partial charge in [0.1, 0.15) is 11.8 Å². The summed E-state index contributed by atoms with van der Waals surface area (Å²) < 4.78 is 43.6. The monoisotopic (exact) mass is 395 g/mol. The van der Waals surface area contributed by atoms with Crippen LogP contribution in [-0.2, 0) is 15.7 Å². The highest BCUT2D eigenvalue weighted by Crippen LogP contribution is 2.29. The van der Waals surface area contributed by atoms with Gasteiger partial charge in [-0.05, 0) is 37.1 Å². The van der Waals surface area contributed by atoms with Gasteiger partial charge in [0.15, 0.2) is 0 Å². The van der Waals surface area contributed by atoms with E-state index in [0.29, 0.717) is 31.0 Å². The molecule has 0 radical (unpaired) electrons. The van der Waals surface area contributed by atoms with Crippen molar-refractivity contribution in [2.24, 2.45) is 0 Å². The number of aromatic nitrogens is 1. The fourth-order valence-corrected chi connectivity index (χ4v) is 2.68. The van der Waals surface area contributed by atoms with Crippen LogP contribution >= 0.6 is 0 Å². The van der Waals surface area contributed by atoms with E-state index in [4.69, 9.17) is 4.74 Å². The van der Waals surface area contributed by atoms with Crippen molar-refractivity contribution in [3.8, 4) is 0 Å². The lowest BCUT2D eigenvalue weighted by Crippen LogP contribution is -2.27. The van der Waals surface area contributed by atoms with Crippen molar-refractivity contribution in [3.05, 3.63) is 58.0 Å². The summed E-state index contributed by atoms with van der Waals surface area (Å²) in [5, 5.41) is 4.78. The third kappa shape index (κ3) is 4.58. The number of rotatable bonds is 4.